The van der Waals surface area contributed by atoms with Crippen LogP contribution in [0.1, 0.15) is 33.7 Å². The lowest BCUT2D eigenvalue weighted by Gasteiger charge is -2.34. The highest BCUT2D eigenvalue weighted by Gasteiger charge is 2.32. The molecule has 2 aliphatic rings. The van der Waals surface area contributed by atoms with Crippen molar-refractivity contribution in [3.63, 3.8) is 0 Å². The molecule has 2 nitrogen and oxygen atoms in total. The van der Waals surface area contributed by atoms with Gasteiger partial charge in [0.15, 0.2) is 0 Å². The Labute approximate surface area is 113 Å². The van der Waals surface area contributed by atoms with Crippen molar-refractivity contribution in [2.45, 2.75) is 26.3 Å². The van der Waals surface area contributed by atoms with Gasteiger partial charge in [-0.2, -0.15) is 0 Å². The fourth-order valence-electron chi connectivity index (χ4n) is 3.28. The molecule has 0 fully saturated rings. The van der Waals surface area contributed by atoms with Crippen molar-refractivity contribution in [1.82, 2.24) is 5.32 Å². The Bertz CT molecular complexity index is 675. The Morgan fingerprint density at radius 1 is 1.16 bits per heavy atom. The molecule has 19 heavy (non-hydrogen) atoms. The molecule has 1 atom stereocenters. The van der Waals surface area contributed by atoms with E-state index in [1.165, 1.54) is 27.8 Å². The summed E-state index contributed by atoms with van der Waals surface area (Å²) in [6.45, 7) is 6.25. The standard InChI is InChI=1S/C17H17NO/c1-10-6-7-13-14-9-18-8-12-4-3-5-15(16(12)14)19-17(13)11(10)2/h3-7,14,18H,8-9H2,1-2H3. The number of aryl methyl sites for hydroxylation is 1. The van der Waals surface area contributed by atoms with Crippen LogP contribution in [0.4, 0.5) is 0 Å². The van der Waals surface area contributed by atoms with Crippen LogP contribution in [-0.4, -0.2) is 6.54 Å². The first kappa shape index (κ1) is 11.1. The molecule has 0 amide bonds. The molecule has 1 unspecified atom stereocenters. The average molecular weight is 251 g/mol. The van der Waals surface area contributed by atoms with Gasteiger partial charge in [-0.15, -0.1) is 0 Å². The van der Waals surface area contributed by atoms with Gasteiger partial charge in [0.25, 0.3) is 0 Å². The predicted octanol–water partition coefficient (Wildman–Crippen LogP) is 3.64. The van der Waals surface area contributed by atoms with Crippen molar-refractivity contribution in [3.8, 4) is 11.5 Å². The Balaban J connectivity index is 1.99. The van der Waals surface area contributed by atoms with Crippen LogP contribution in [-0.2, 0) is 6.54 Å². The third-order valence-corrected chi connectivity index (χ3v) is 4.46. The Morgan fingerprint density at radius 3 is 2.95 bits per heavy atom. The second-order valence-electron chi connectivity index (χ2n) is 5.54. The zero-order valence-electron chi connectivity index (χ0n) is 11.3. The minimum atomic E-state index is 0.433. The first-order valence-corrected chi connectivity index (χ1v) is 6.86. The lowest BCUT2D eigenvalue weighted by molar-refractivity contribution is 0.425. The molecular weight excluding hydrogens is 234 g/mol. The van der Waals surface area contributed by atoms with E-state index in [1.54, 1.807) is 0 Å². The zero-order chi connectivity index (χ0) is 13.0. The van der Waals surface area contributed by atoms with Crippen LogP contribution in [0.5, 0.6) is 11.5 Å². The number of fused-ring (bicyclic) bond motifs is 2. The van der Waals surface area contributed by atoms with E-state index in [1.807, 2.05) is 0 Å². The molecule has 1 N–H and O–H groups in total. The molecule has 0 aromatic heterocycles. The van der Waals surface area contributed by atoms with Gasteiger partial charge in [0, 0.05) is 30.1 Å². The van der Waals surface area contributed by atoms with Gasteiger partial charge in [0.2, 0.25) is 0 Å². The Morgan fingerprint density at radius 2 is 2.05 bits per heavy atom. The SMILES string of the molecule is Cc1ccc2c(c1C)Oc1cccc3c1C2CNC3. The molecule has 2 aliphatic heterocycles. The third-order valence-electron chi connectivity index (χ3n) is 4.46. The molecule has 0 spiro atoms. The summed E-state index contributed by atoms with van der Waals surface area (Å²) in [5, 5.41) is 3.52. The predicted molar refractivity (Wildman–Crippen MR) is 76.0 cm³/mol. The van der Waals surface area contributed by atoms with Gasteiger partial charge in [0.1, 0.15) is 11.5 Å². The second-order valence-corrected chi connectivity index (χ2v) is 5.54. The lowest BCUT2D eigenvalue weighted by atomic mass is 9.81. The molecule has 4 rings (SSSR count). The smallest absolute Gasteiger partial charge is 0.134 e. The molecule has 0 saturated heterocycles. The van der Waals surface area contributed by atoms with Crippen LogP contribution in [0.15, 0.2) is 30.3 Å². The van der Waals surface area contributed by atoms with E-state index in [4.69, 9.17) is 4.74 Å². The number of nitrogens with one attached hydrogen (secondary N) is 1. The van der Waals surface area contributed by atoms with E-state index in [0.717, 1.165) is 24.6 Å². The van der Waals surface area contributed by atoms with Gasteiger partial charge in [0.05, 0.1) is 0 Å². The van der Waals surface area contributed by atoms with Crippen molar-refractivity contribution in [2.75, 3.05) is 6.54 Å². The quantitative estimate of drug-likeness (QED) is 0.771. The first-order chi connectivity index (χ1) is 9.25. The minimum Gasteiger partial charge on any atom is -0.456 e. The lowest BCUT2D eigenvalue weighted by Crippen LogP contribution is -2.31. The van der Waals surface area contributed by atoms with Crippen LogP contribution in [0.2, 0.25) is 0 Å². The molecular formula is C17H17NO. The monoisotopic (exact) mass is 251 g/mol. The fourth-order valence-corrected chi connectivity index (χ4v) is 3.28. The highest BCUT2D eigenvalue weighted by molar-refractivity contribution is 5.60. The van der Waals surface area contributed by atoms with Crippen molar-refractivity contribution in [1.29, 1.82) is 0 Å². The summed E-state index contributed by atoms with van der Waals surface area (Å²) in [5.41, 5.74) is 6.64. The summed E-state index contributed by atoms with van der Waals surface area (Å²) in [4.78, 5) is 0. The summed E-state index contributed by atoms with van der Waals surface area (Å²) < 4.78 is 6.21. The maximum absolute atomic E-state index is 6.21. The molecule has 2 aromatic rings. The minimum absolute atomic E-state index is 0.433. The summed E-state index contributed by atoms with van der Waals surface area (Å²) in [6.07, 6.45) is 0. The molecule has 2 heterocycles. The molecule has 0 radical (unpaired) electrons. The highest BCUT2D eigenvalue weighted by atomic mass is 16.5. The number of rotatable bonds is 0. The molecule has 0 bridgehead atoms. The topological polar surface area (TPSA) is 21.3 Å². The normalized spacial score (nSPS) is 19.4. The largest absolute Gasteiger partial charge is 0.456 e. The van der Waals surface area contributed by atoms with E-state index in [-0.39, 0.29) is 0 Å². The van der Waals surface area contributed by atoms with Crippen LogP contribution in [0, 0.1) is 13.8 Å². The summed E-state index contributed by atoms with van der Waals surface area (Å²) in [7, 11) is 0. The summed E-state index contributed by atoms with van der Waals surface area (Å²) in [5.74, 6) is 2.55. The average Bonchev–Trinajstić information content (AvgIpc) is 2.44. The van der Waals surface area contributed by atoms with Crippen molar-refractivity contribution < 1.29 is 4.74 Å². The van der Waals surface area contributed by atoms with Crippen molar-refractivity contribution in [3.05, 3.63) is 58.1 Å². The molecule has 96 valence electrons. The number of hydrogen-bond acceptors (Lipinski definition) is 2. The molecule has 2 heteroatoms. The maximum Gasteiger partial charge on any atom is 0.134 e. The van der Waals surface area contributed by atoms with Crippen molar-refractivity contribution in [2.24, 2.45) is 0 Å². The maximum atomic E-state index is 6.21. The van der Waals surface area contributed by atoms with Crippen LogP contribution < -0.4 is 10.1 Å². The molecule has 0 saturated carbocycles. The highest BCUT2D eigenvalue weighted by Crippen LogP contribution is 2.48. The molecule has 2 aromatic carbocycles. The first-order valence-electron chi connectivity index (χ1n) is 6.86. The Hall–Kier alpha value is -1.80. The second kappa shape index (κ2) is 3.84. The van der Waals surface area contributed by atoms with Crippen LogP contribution >= 0.6 is 0 Å². The van der Waals surface area contributed by atoms with Gasteiger partial charge in [-0.3, -0.25) is 0 Å². The zero-order valence-corrected chi connectivity index (χ0v) is 11.3. The van der Waals surface area contributed by atoms with E-state index < -0.39 is 0 Å². The van der Waals surface area contributed by atoms with E-state index >= 15 is 0 Å². The van der Waals surface area contributed by atoms with Crippen LogP contribution in [0.25, 0.3) is 0 Å². The number of hydrogen-bond donors (Lipinski definition) is 1. The van der Waals surface area contributed by atoms with Gasteiger partial charge < -0.3 is 10.1 Å². The van der Waals surface area contributed by atoms with Crippen LogP contribution in [0.3, 0.4) is 0 Å². The van der Waals surface area contributed by atoms with Gasteiger partial charge in [-0.1, -0.05) is 24.3 Å². The van der Waals surface area contributed by atoms with E-state index in [9.17, 15) is 0 Å². The van der Waals surface area contributed by atoms with Crippen molar-refractivity contribution >= 4 is 0 Å². The van der Waals surface area contributed by atoms with Gasteiger partial charge >= 0.3 is 0 Å². The summed E-state index contributed by atoms with van der Waals surface area (Å²) >= 11 is 0. The van der Waals surface area contributed by atoms with E-state index in [2.05, 4.69) is 49.5 Å². The van der Waals surface area contributed by atoms with Gasteiger partial charge in [-0.05, 0) is 36.6 Å². The Kier molecular flexibility index (Phi) is 2.24. The summed E-state index contributed by atoms with van der Waals surface area (Å²) in [6, 6.07) is 10.8. The van der Waals surface area contributed by atoms with Gasteiger partial charge in [-0.25, -0.2) is 0 Å². The fraction of sp³-hybridized carbons (Fsp3) is 0.294. The number of ether oxygens (including phenoxy) is 1. The third kappa shape index (κ3) is 1.47. The number of benzene rings is 2. The molecule has 0 aliphatic carbocycles. The van der Waals surface area contributed by atoms with E-state index in [0.29, 0.717) is 5.92 Å².